The van der Waals surface area contributed by atoms with E-state index in [2.05, 4.69) is 22.5 Å². The second-order valence-corrected chi connectivity index (χ2v) is 2.94. The van der Waals surface area contributed by atoms with E-state index >= 15 is 0 Å². The molecule has 0 aliphatic carbocycles. The average molecular weight is 179 g/mol. The van der Waals surface area contributed by atoms with Crippen molar-refractivity contribution in [2.75, 3.05) is 18.9 Å². The summed E-state index contributed by atoms with van der Waals surface area (Å²) in [4.78, 5) is 4.39. The van der Waals surface area contributed by atoms with E-state index < -0.39 is 0 Å². The Morgan fingerprint density at radius 2 is 2.23 bits per heavy atom. The Bertz CT molecular complexity index is 248. The van der Waals surface area contributed by atoms with E-state index in [0.29, 0.717) is 0 Å². The smallest absolute Gasteiger partial charge is 0.126 e. The Balaban J connectivity index is 2.46. The maximum Gasteiger partial charge on any atom is 0.126 e. The summed E-state index contributed by atoms with van der Waals surface area (Å²) in [5.74, 6) is 0.927. The first-order chi connectivity index (χ1) is 6.36. The molecule has 1 aromatic heterocycles. The van der Waals surface area contributed by atoms with Crippen LogP contribution in [0, 0.1) is 0 Å². The molecule has 0 aliphatic rings. The summed E-state index contributed by atoms with van der Waals surface area (Å²) in [7, 11) is 1.88. The maximum atomic E-state index is 4.39. The first-order valence-electron chi connectivity index (χ1n) is 4.71. The van der Waals surface area contributed by atoms with Crippen LogP contribution in [0.1, 0.15) is 19.0 Å². The molecule has 0 radical (unpaired) electrons. The molecule has 2 N–H and O–H groups in total. The third-order valence-corrected chi connectivity index (χ3v) is 1.80. The minimum atomic E-state index is 0.851. The SMILES string of the molecule is CCCNCc1cccc(NC)n1. The number of hydrogen-bond acceptors (Lipinski definition) is 3. The molecule has 0 aromatic carbocycles. The van der Waals surface area contributed by atoms with Gasteiger partial charge in [-0.05, 0) is 25.1 Å². The predicted octanol–water partition coefficient (Wildman–Crippen LogP) is 1.62. The number of nitrogens with one attached hydrogen (secondary N) is 2. The van der Waals surface area contributed by atoms with Gasteiger partial charge in [-0.2, -0.15) is 0 Å². The van der Waals surface area contributed by atoms with Crippen LogP contribution >= 0.6 is 0 Å². The predicted molar refractivity (Wildman–Crippen MR) is 55.8 cm³/mol. The fourth-order valence-corrected chi connectivity index (χ4v) is 1.11. The van der Waals surface area contributed by atoms with Gasteiger partial charge in [-0.15, -0.1) is 0 Å². The number of aromatic nitrogens is 1. The standard InChI is InChI=1S/C10H17N3/c1-3-7-12-8-9-5-4-6-10(11-2)13-9/h4-6,12H,3,7-8H2,1-2H3,(H,11,13). The summed E-state index contributed by atoms with van der Waals surface area (Å²) in [6.07, 6.45) is 1.16. The van der Waals surface area contributed by atoms with Crippen LogP contribution in [-0.2, 0) is 6.54 Å². The van der Waals surface area contributed by atoms with Gasteiger partial charge in [-0.3, -0.25) is 0 Å². The van der Waals surface area contributed by atoms with Crippen molar-refractivity contribution < 1.29 is 0 Å². The second-order valence-electron chi connectivity index (χ2n) is 2.94. The zero-order valence-corrected chi connectivity index (χ0v) is 8.30. The van der Waals surface area contributed by atoms with Crippen molar-refractivity contribution in [2.45, 2.75) is 19.9 Å². The first kappa shape index (κ1) is 9.99. The molecule has 3 nitrogen and oxygen atoms in total. The highest BCUT2D eigenvalue weighted by Crippen LogP contribution is 2.02. The molecule has 3 heteroatoms. The Labute approximate surface area is 79.6 Å². The van der Waals surface area contributed by atoms with Crippen LogP contribution in [0.25, 0.3) is 0 Å². The molecule has 1 aromatic rings. The van der Waals surface area contributed by atoms with Gasteiger partial charge in [0.25, 0.3) is 0 Å². The highest BCUT2D eigenvalue weighted by Gasteiger charge is 1.94. The van der Waals surface area contributed by atoms with Crippen LogP contribution in [0.15, 0.2) is 18.2 Å². The Hall–Kier alpha value is -1.09. The van der Waals surface area contributed by atoms with Crippen LogP contribution in [0.3, 0.4) is 0 Å². The summed E-state index contributed by atoms with van der Waals surface area (Å²) in [5.41, 5.74) is 1.08. The lowest BCUT2D eigenvalue weighted by atomic mass is 10.3. The van der Waals surface area contributed by atoms with E-state index in [1.54, 1.807) is 0 Å². The van der Waals surface area contributed by atoms with Gasteiger partial charge in [0, 0.05) is 13.6 Å². The fraction of sp³-hybridized carbons (Fsp3) is 0.500. The van der Waals surface area contributed by atoms with Crippen LogP contribution in [0.2, 0.25) is 0 Å². The van der Waals surface area contributed by atoms with Crippen molar-refractivity contribution in [1.29, 1.82) is 0 Å². The zero-order valence-electron chi connectivity index (χ0n) is 8.30. The van der Waals surface area contributed by atoms with Crippen molar-refractivity contribution in [2.24, 2.45) is 0 Å². The lowest BCUT2D eigenvalue weighted by molar-refractivity contribution is 0.665. The van der Waals surface area contributed by atoms with Gasteiger partial charge >= 0.3 is 0 Å². The number of anilines is 1. The monoisotopic (exact) mass is 179 g/mol. The van der Waals surface area contributed by atoms with Crippen LogP contribution in [0.5, 0.6) is 0 Å². The number of rotatable bonds is 5. The first-order valence-corrected chi connectivity index (χ1v) is 4.71. The molecule has 0 aliphatic heterocycles. The zero-order chi connectivity index (χ0) is 9.52. The second kappa shape index (κ2) is 5.54. The largest absolute Gasteiger partial charge is 0.373 e. The molecule has 13 heavy (non-hydrogen) atoms. The van der Waals surface area contributed by atoms with E-state index in [-0.39, 0.29) is 0 Å². The van der Waals surface area contributed by atoms with E-state index in [4.69, 9.17) is 0 Å². The number of pyridine rings is 1. The van der Waals surface area contributed by atoms with Gasteiger partial charge in [0.15, 0.2) is 0 Å². The van der Waals surface area contributed by atoms with E-state index in [0.717, 1.165) is 31.0 Å². The van der Waals surface area contributed by atoms with Gasteiger partial charge < -0.3 is 10.6 Å². The van der Waals surface area contributed by atoms with E-state index in [9.17, 15) is 0 Å². The molecule has 72 valence electrons. The number of nitrogens with zero attached hydrogens (tertiary/aromatic N) is 1. The third kappa shape index (κ3) is 3.42. The lowest BCUT2D eigenvalue weighted by Crippen LogP contribution is -2.14. The summed E-state index contributed by atoms with van der Waals surface area (Å²) in [6.45, 7) is 4.05. The molecule has 0 unspecified atom stereocenters. The fourth-order valence-electron chi connectivity index (χ4n) is 1.11. The molecule has 1 rings (SSSR count). The van der Waals surface area contributed by atoms with Gasteiger partial charge in [0.05, 0.1) is 5.69 Å². The van der Waals surface area contributed by atoms with Crippen molar-refractivity contribution >= 4 is 5.82 Å². The molecule has 0 saturated heterocycles. The lowest BCUT2D eigenvalue weighted by Gasteiger charge is -2.04. The summed E-state index contributed by atoms with van der Waals surface area (Å²) >= 11 is 0. The number of hydrogen-bond donors (Lipinski definition) is 2. The molecule has 1 heterocycles. The minimum Gasteiger partial charge on any atom is -0.373 e. The summed E-state index contributed by atoms with van der Waals surface area (Å²) in [6, 6.07) is 6.01. The molecule has 0 atom stereocenters. The van der Waals surface area contributed by atoms with Crippen LogP contribution < -0.4 is 10.6 Å². The Morgan fingerprint density at radius 3 is 2.92 bits per heavy atom. The van der Waals surface area contributed by atoms with Crippen molar-refractivity contribution in [3.05, 3.63) is 23.9 Å². The van der Waals surface area contributed by atoms with Gasteiger partial charge in [0.2, 0.25) is 0 Å². The normalized spacial score (nSPS) is 10.0. The van der Waals surface area contributed by atoms with E-state index in [1.165, 1.54) is 0 Å². The topological polar surface area (TPSA) is 37.0 Å². The van der Waals surface area contributed by atoms with Crippen molar-refractivity contribution in [3.8, 4) is 0 Å². The summed E-state index contributed by atoms with van der Waals surface area (Å²) < 4.78 is 0. The molecule has 0 saturated carbocycles. The molecule has 0 fully saturated rings. The van der Waals surface area contributed by atoms with Crippen molar-refractivity contribution in [3.63, 3.8) is 0 Å². The van der Waals surface area contributed by atoms with Gasteiger partial charge in [0.1, 0.15) is 5.82 Å². The van der Waals surface area contributed by atoms with E-state index in [1.807, 2.05) is 25.2 Å². The van der Waals surface area contributed by atoms with Gasteiger partial charge in [-0.25, -0.2) is 4.98 Å². The molecular formula is C10H17N3. The summed E-state index contributed by atoms with van der Waals surface area (Å²) in [5, 5.41) is 6.33. The molecular weight excluding hydrogens is 162 g/mol. The average Bonchev–Trinajstić information content (AvgIpc) is 2.19. The minimum absolute atomic E-state index is 0.851. The maximum absolute atomic E-state index is 4.39. The third-order valence-electron chi connectivity index (χ3n) is 1.80. The molecule has 0 spiro atoms. The van der Waals surface area contributed by atoms with Crippen LogP contribution in [0.4, 0.5) is 5.82 Å². The molecule has 0 bridgehead atoms. The van der Waals surface area contributed by atoms with Crippen LogP contribution in [-0.4, -0.2) is 18.6 Å². The molecule has 0 amide bonds. The quantitative estimate of drug-likeness (QED) is 0.674. The Kier molecular flexibility index (Phi) is 4.26. The highest BCUT2D eigenvalue weighted by atomic mass is 15.0. The van der Waals surface area contributed by atoms with Gasteiger partial charge in [-0.1, -0.05) is 13.0 Å². The highest BCUT2D eigenvalue weighted by molar-refractivity contribution is 5.34. The van der Waals surface area contributed by atoms with Crippen molar-refractivity contribution in [1.82, 2.24) is 10.3 Å². The Morgan fingerprint density at radius 1 is 1.38 bits per heavy atom.